The summed E-state index contributed by atoms with van der Waals surface area (Å²) in [6.45, 7) is 8.46. The predicted molar refractivity (Wildman–Crippen MR) is 208 cm³/mol. The fraction of sp³-hybridized carbons (Fsp3) is 0.651. The number of aryl methyl sites for hydroxylation is 1. The molecule has 3 heterocycles. The Kier molecular flexibility index (Phi) is 11.5. The molecule has 2 aliphatic heterocycles. The number of amides is 2. The van der Waals surface area contributed by atoms with Crippen molar-refractivity contribution in [2.45, 2.75) is 134 Å². The van der Waals surface area contributed by atoms with Crippen LogP contribution in [0.5, 0.6) is 5.88 Å². The molecule has 0 spiro atoms. The van der Waals surface area contributed by atoms with Crippen LogP contribution in [0.15, 0.2) is 43.1 Å². The Morgan fingerprint density at radius 2 is 1.80 bits per heavy atom. The second kappa shape index (κ2) is 16.0. The summed E-state index contributed by atoms with van der Waals surface area (Å²) in [7, 11) is -3.84. The molecule has 2 aromatic rings. The number of hydrogen-bond donors (Lipinski definition) is 1. The number of carbonyl (C=O) groups is 4. The third-order valence-electron chi connectivity index (χ3n) is 12.9. The lowest BCUT2D eigenvalue weighted by molar-refractivity contribution is -0.154. The molecule has 4 fully saturated rings. The van der Waals surface area contributed by atoms with Crippen LogP contribution in [0.4, 0.5) is 0 Å². The molecule has 0 unspecified atom stereocenters. The van der Waals surface area contributed by atoms with Crippen LogP contribution in [-0.4, -0.2) is 72.4 Å². The molecule has 5 atom stereocenters. The second-order valence-corrected chi connectivity index (χ2v) is 19.7. The summed E-state index contributed by atoms with van der Waals surface area (Å²) >= 11 is 0. The first-order chi connectivity index (χ1) is 26.3. The Morgan fingerprint density at radius 1 is 1.04 bits per heavy atom. The number of pyridine rings is 1. The number of aromatic nitrogens is 1. The molecule has 1 aromatic carbocycles. The number of nitrogens with one attached hydrogen (secondary N) is 1. The number of Topliss-reactive ketones (excluding diaryl/α,β-unsaturated/α-hetero) is 1. The van der Waals surface area contributed by atoms with Gasteiger partial charge in [0.15, 0.2) is 5.78 Å². The third kappa shape index (κ3) is 8.94. The fourth-order valence-corrected chi connectivity index (χ4v) is 10.6. The zero-order valence-corrected chi connectivity index (χ0v) is 33.2. The lowest BCUT2D eigenvalue weighted by Crippen LogP contribution is -2.48. The van der Waals surface area contributed by atoms with Gasteiger partial charge in [0.05, 0.1) is 42.2 Å². The zero-order chi connectivity index (χ0) is 39.0. The largest absolute Gasteiger partial charge is 0.472 e. The van der Waals surface area contributed by atoms with Crippen molar-refractivity contribution in [3.8, 4) is 5.88 Å². The molecule has 298 valence electrons. The summed E-state index contributed by atoms with van der Waals surface area (Å²) in [6, 6.07) is 7.34. The average molecular weight is 776 g/mol. The standard InChI is InChI=1S/C43H57N3O8S/c1-4-31-24-43(31,41(50)45-55(51,52)33-16-17-33)25-37(47)36-22-32-26-46(36)40(49)35(29-12-8-5-9-13-29)23-38(48)53-27-42(2,3)19-10-6-7-11-28-14-15-30-18-20-44-39(54-32)34(30)21-28/h4,14-15,18,20-21,29,31-33,35-36H,1,5-13,16-17,19,22-27H2,2-3H3,(H,45,50)/t31-,32-,35+,36+,43-/m1/s1. The van der Waals surface area contributed by atoms with E-state index in [-0.39, 0.29) is 61.4 Å². The van der Waals surface area contributed by atoms with Gasteiger partial charge in [0.2, 0.25) is 27.7 Å². The topological polar surface area (TPSA) is 149 Å². The van der Waals surface area contributed by atoms with Crippen LogP contribution in [0, 0.1) is 28.6 Å². The van der Waals surface area contributed by atoms with Crippen LogP contribution >= 0.6 is 0 Å². The van der Waals surface area contributed by atoms with E-state index >= 15 is 0 Å². The number of rotatable bonds is 8. The Hall–Kier alpha value is -3.80. The second-order valence-electron chi connectivity index (χ2n) is 17.8. The van der Waals surface area contributed by atoms with Crippen molar-refractivity contribution < 1.29 is 37.1 Å². The highest BCUT2D eigenvalue weighted by molar-refractivity contribution is 7.90. The van der Waals surface area contributed by atoms with Crippen molar-refractivity contribution in [3.05, 3.63) is 48.7 Å². The van der Waals surface area contributed by atoms with E-state index in [1.54, 1.807) is 17.2 Å². The van der Waals surface area contributed by atoms with E-state index in [2.05, 4.69) is 48.3 Å². The van der Waals surface area contributed by atoms with Gasteiger partial charge >= 0.3 is 5.97 Å². The van der Waals surface area contributed by atoms with Gasteiger partial charge in [0.25, 0.3) is 0 Å². The van der Waals surface area contributed by atoms with Crippen LogP contribution in [0.2, 0.25) is 0 Å². The molecule has 3 aliphatic carbocycles. The fourth-order valence-electron chi connectivity index (χ4n) is 9.24. The Labute approximate surface area is 325 Å². The number of sulfonamides is 1. The highest BCUT2D eigenvalue weighted by Gasteiger charge is 2.61. The van der Waals surface area contributed by atoms with Gasteiger partial charge in [-0.25, -0.2) is 13.4 Å². The zero-order valence-electron chi connectivity index (χ0n) is 32.4. The average Bonchev–Trinajstić information content (AvgIpc) is 4.09. The molecule has 1 saturated heterocycles. The number of allylic oxidation sites excluding steroid dienone is 1. The van der Waals surface area contributed by atoms with Gasteiger partial charge in [-0.3, -0.25) is 23.9 Å². The predicted octanol–water partition coefficient (Wildman–Crippen LogP) is 6.62. The van der Waals surface area contributed by atoms with Gasteiger partial charge < -0.3 is 14.4 Å². The minimum absolute atomic E-state index is 0.0353. The number of ketones is 1. The molecule has 7 rings (SSSR count). The minimum Gasteiger partial charge on any atom is -0.472 e. The van der Waals surface area contributed by atoms with Gasteiger partial charge in [-0.15, -0.1) is 6.58 Å². The van der Waals surface area contributed by atoms with E-state index in [0.717, 1.165) is 75.0 Å². The van der Waals surface area contributed by atoms with E-state index in [0.29, 0.717) is 25.1 Å². The van der Waals surface area contributed by atoms with Gasteiger partial charge in [-0.05, 0) is 91.7 Å². The van der Waals surface area contributed by atoms with Gasteiger partial charge in [-0.1, -0.05) is 64.2 Å². The number of benzene rings is 1. The maximum absolute atomic E-state index is 14.9. The molecular weight excluding hydrogens is 719 g/mol. The minimum atomic E-state index is -3.84. The quantitative estimate of drug-likeness (QED) is 0.231. The number of carbonyl (C=O) groups excluding carboxylic acids is 4. The molecule has 2 amide bonds. The van der Waals surface area contributed by atoms with Crippen molar-refractivity contribution in [2.75, 3.05) is 13.2 Å². The normalized spacial score (nSPS) is 29.6. The first-order valence-corrected chi connectivity index (χ1v) is 22.0. The van der Waals surface area contributed by atoms with Gasteiger partial charge in [0.1, 0.15) is 6.10 Å². The lowest BCUT2D eigenvalue weighted by Gasteiger charge is -2.34. The van der Waals surface area contributed by atoms with Crippen molar-refractivity contribution in [2.24, 2.45) is 28.6 Å². The summed E-state index contributed by atoms with van der Waals surface area (Å²) < 4.78 is 40.4. The van der Waals surface area contributed by atoms with Crippen LogP contribution in [0.1, 0.15) is 116 Å². The Balaban J connectivity index is 1.21. The summed E-state index contributed by atoms with van der Waals surface area (Å²) in [5.41, 5.74) is -0.299. The molecule has 0 radical (unpaired) electrons. The number of hydrogen-bond acceptors (Lipinski definition) is 9. The molecule has 4 bridgehead atoms. The molecule has 55 heavy (non-hydrogen) atoms. The van der Waals surface area contributed by atoms with Crippen LogP contribution in [0.3, 0.4) is 0 Å². The molecule has 1 N–H and O–H groups in total. The molecule has 11 nitrogen and oxygen atoms in total. The van der Waals surface area contributed by atoms with Crippen molar-refractivity contribution in [1.29, 1.82) is 0 Å². The summed E-state index contributed by atoms with van der Waals surface area (Å²) in [5, 5.41) is 1.25. The third-order valence-corrected chi connectivity index (χ3v) is 14.7. The molecular formula is C43H57N3O8S. The van der Waals surface area contributed by atoms with E-state index in [1.807, 2.05) is 6.07 Å². The smallest absolute Gasteiger partial charge is 0.306 e. The first kappa shape index (κ1) is 39.4. The number of fused-ring (bicyclic) bond motifs is 3. The number of ether oxygens (including phenoxy) is 2. The molecule has 5 aliphatic rings. The highest BCUT2D eigenvalue weighted by Crippen LogP contribution is 2.57. The Bertz CT molecular complexity index is 1920. The maximum atomic E-state index is 14.9. The van der Waals surface area contributed by atoms with E-state index < -0.39 is 50.6 Å². The molecule has 1 aromatic heterocycles. The van der Waals surface area contributed by atoms with E-state index in [4.69, 9.17) is 9.47 Å². The number of cyclic esters (lactones) is 1. The van der Waals surface area contributed by atoms with E-state index in [1.165, 1.54) is 5.56 Å². The maximum Gasteiger partial charge on any atom is 0.306 e. The van der Waals surface area contributed by atoms with Crippen LogP contribution < -0.4 is 9.46 Å². The highest BCUT2D eigenvalue weighted by atomic mass is 32.2. The van der Waals surface area contributed by atoms with Crippen molar-refractivity contribution in [1.82, 2.24) is 14.6 Å². The summed E-state index contributed by atoms with van der Waals surface area (Å²) in [6.07, 6.45) is 13.4. The van der Waals surface area contributed by atoms with Gasteiger partial charge in [-0.2, -0.15) is 0 Å². The SMILES string of the molecule is C=C[C@@H]1C[C@]1(CC(=O)[C@@H]1C[C@@H]2CN1C(=O)[C@H](C1CCCCC1)CC(=O)OCC(C)(C)CCCCCc1ccc3ccnc(c3c1)O2)C(=O)NS(=O)(=O)C1CC1. The van der Waals surface area contributed by atoms with Crippen LogP contribution in [0.25, 0.3) is 10.8 Å². The molecule has 3 saturated carbocycles. The number of esters is 1. The number of nitrogens with zero attached hydrogens (tertiary/aromatic N) is 2. The van der Waals surface area contributed by atoms with Crippen molar-refractivity contribution >= 4 is 44.4 Å². The first-order valence-electron chi connectivity index (χ1n) is 20.5. The Morgan fingerprint density at radius 3 is 2.53 bits per heavy atom. The van der Waals surface area contributed by atoms with Crippen LogP contribution in [-0.2, 0) is 40.4 Å². The molecule has 12 heteroatoms. The van der Waals surface area contributed by atoms with Crippen molar-refractivity contribution in [3.63, 3.8) is 0 Å². The summed E-state index contributed by atoms with van der Waals surface area (Å²) in [5.74, 6) is -2.35. The summed E-state index contributed by atoms with van der Waals surface area (Å²) in [4.78, 5) is 62.9. The van der Waals surface area contributed by atoms with E-state index in [9.17, 15) is 27.6 Å². The lowest BCUT2D eigenvalue weighted by atomic mass is 9.77. The van der Waals surface area contributed by atoms with Gasteiger partial charge in [0, 0.05) is 24.4 Å². The monoisotopic (exact) mass is 775 g/mol.